The van der Waals surface area contributed by atoms with Crippen LogP contribution in [0.1, 0.15) is 72.8 Å². The molecule has 4 heteroatoms. The number of hydrogen-bond donors (Lipinski definition) is 1. The van der Waals surface area contributed by atoms with Crippen molar-refractivity contribution in [3.8, 4) is 0 Å². The summed E-state index contributed by atoms with van der Waals surface area (Å²) >= 11 is 0. The molecular formula is C19H27N3O. The summed E-state index contributed by atoms with van der Waals surface area (Å²) in [6.45, 7) is 8.38. The Morgan fingerprint density at radius 2 is 1.78 bits per heavy atom. The highest BCUT2D eigenvalue weighted by atomic mass is 16.1. The van der Waals surface area contributed by atoms with Crippen LogP contribution < -0.4 is 5.32 Å². The van der Waals surface area contributed by atoms with E-state index in [-0.39, 0.29) is 11.9 Å². The molecule has 4 nitrogen and oxygen atoms in total. The molecule has 0 saturated heterocycles. The van der Waals surface area contributed by atoms with E-state index in [2.05, 4.69) is 55.5 Å². The van der Waals surface area contributed by atoms with E-state index in [4.69, 9.17) is 0 Å². The van der Waals surface area contributed by atoms with Crippen molar-refractivity contribution in [3.05, 3.63) is 52.8 Å². The summed E-state index contributed by atoms with van der Waals surface area (Å²) < 4.78 is 1.67. The molecule has 0 bridgehead atoms. The normalized spacial score (nSPS) is 13.6. The fraction of sp³-hybridized carbons (Fsp3) is 0.474. The number of hydrogen-bond acceptors (Lipinski definition) is 2. The average Bonchev–Trinajstić information content (AvgIpc) is 2.90. The van der Waals surface area contributed by atoms with Crippen LogP contribution in [0.4, 0.5) is 0 Å². The number of benzene rings is 1. The monoisotopic (exact) mass is 313 g/mol. The third kappa shape index (κ3) is 4.01. The second kappa shape index (κ2) is 7.44. The summed E-state index contributed by atoms with van der Waals surface area (Å²) in [6.07, 6.45) is 3.75. The highest BCUT2D eigenvalue weighted by Crippen LogP contribution is 2.23. The predicted octanol–water partition coefficient (Wildman–Crippen LogP) is 4.12. The van der Waals surface area contributed by atoms with Gasteiger partial charge in [0.25, 0.3) is 5.91 Å². The lowest BCUT2D eigenvalue weighted by Crippen LogP contribution is -2.28. The highest BCUT2D eigenvalue weighted by Gasteiger charge is 2.17. The Hall–Kier alpha value is -2.10. The van der Waals surface area contributed by atoms with Gasteiger partial charge in [0.05, 0.1) is 17.3 Å². The summed E-state index contributed by atoms with van der Waals surface area (Å²) in [5.74, 6) is 0.505. The van der Waals surface area contributed by atoms with E-state index >= 15 is 0 Å². The van der Waals surface area contributed by atoms with E-state index in [1.165, 1.54) is 5.56 Å². The first-order valence-electron chi connectivity index (χ1n) is 8.37. The van der Waals surface area contributed by atoms with Gasteiger partial charge in [-0.1, -0.05) is 45.0 Å². The first-order chi connectivity index (χ1) is 11.0. The van der Waals surface area contributed by atoms with Crippen molar-refractivity contribution in [1.82, 2.24) is 15.1 Å². The quantitative estimate of drug-likeness (QED) is 0.872. The highest BCUT2D eigenvalue weighted by molar-refractivity contribution is 5.95. The lowest BCUT2D eigenvalue weighted by atomic mass is 9.95. The van der Waals surface area contributed by atoms with Crippen LogP contribution in [0.5, 0.6) is 0 Å². The van der Waals surface area contributed by atoms with E-state index in [1.807, 2.05) is 14.0 Å². The third-order valence-corrected chi connectivity index (χ3v) is 4.49. The van der Waals surface area contributed by atoms with Gasteiger partial charge in [-0.2, -0.15) is 5.10 Å². The maximum Gasteiger partial charge on any atom is 0.255 e. The number of carbonyl (C=O) groups is 1. The van der Waals surface area contributed by atoms with Gasteiger partial charge < -0.3 is 5.32 Å². The molecule has 0 aliphatic heterocycles. The first kappa shape index (κ1) is 17.3. The Balaban J connectivity index is 2.13. The Morgan fingerprint density at radius 1 is 1.17 bits per heavy atom. The molecule has 1 aromatic carbocycles. The van der Waals surface area contributed by atoms with Crippen molar-refractivity contribution in [3.63, 3.8) is 0 Å². The molecule has 0 aliphatic carbocycles. The lowest BCUT2D eigenvalue weighted by molar-refractivity contribution is 0.0935. The number of amides is 1. The lowest BCUT2D eigenvalue weighted by Gasteiger charge is -2.18. The number of rotatable bonds is 6. The van der Waals surface area contributed by atoms with Gasteiger partial charge in [0, 0.05) is 13.2 Å². The van der Waals surface area contributed by atoms with E-state index in [0.29, 0.717) is 11.5 Å². The topological polar surface area (TPSA) is 46.9 Å². The molecule has 1 amide bonds. The molecular weight excluding hydrogens is 286 g/mol. The minimum Gasteiger partial charge on any atom is -0.345 e. The van der Waals surface area contributed by atoms with E-state index < -0.39 is 0 Å². The molecule has 0 aliphatic rings. The molecule has 1 aromatic heterocycles. The van der Waals surface area contributed by atoms with E-state index in [9.17, 15) is 4.79 Å². The van der Waals surface area contributed by atoms with Gasteiger partial charge in [0.15, 0.2) is 0 Å². The van der Waals surface area contributed by atoms with Crippen LogP contribution in [-0.4, -0.2) is 15.7 Å². The summed E-state index contributed by atoms with van der Waals surface area (Å²) in [5.41, 5.74) is 3.89. The van der Waals surface area contributed by atoms with Gasteiger partial charge in [-0.15, -0.1) is 0 Å². The number of aryl methyl sites for hydroxylation is 2. The van der Waals surface area contributed by atoms with Gasteiger partial charge >= 0.3 is 0 Å². The second-order valence-corrected chi connectivity index (χ2v) is 6.21. The van der Waals surface area contributed by atoms with Crippen molar-refractivity contribution in [2.45, 2.75) is 52.5 Å². The largest absolute Gasteiger partial charge is 0.345 e. The van der Waals surface area contributed by atoms with Gasteiger partial charge in [-0.05, 0) is 36.8 Å². The molecule has 0 radical (unpaired) electrons. The number of carbonyl (C=O) groups excluding carboxylic acids is 1. The minimum atomic E-state index is -0.0616. The summed E-state index contributed by atoms with van der Waals surface area (Å²) in [5, 5.41) is 7.36. The predicted molar refractivity (Wildman–Crippen MR) is 93.6 cm³/mol. The smallest absolute Gasteiger partial charge is 0.255 e. The van der Waals surface area contributed by atoms with Crippen molar-refractivity contribution in [2.75, 3.05) is 0 Å². The van der Waals surface area contributed by atoms with Crippen LogP contribution >= 0.6 is 0 Å². The molecule has 0 saturated carbocycles. The SMILES string of the molecule is CCC(C)c1ccc(C(CC)NC(=O)c2cn(C)nc2C)cc1. The third-order valence-electron chi connectivity index (χ3n) is 4.49. The average molecular weight is 313 g/mol. The number of nitrogens with zero attached hydrogens (tertiary/aromatic N) is 2. The maximum absolute atomic E-state index is 12.5. The molecule has 23 heavy (non-hydrogen) atoms. The molecule has 2 rings (SSSR count). The van der Waals surface area contributed by atoms with Crippen LogP contribution in [-0.2, 0) is 7.05 Å². The van der Waals surface area contributed by atoms with Gasteiger partial charge in [0.2, 0.25) is 0 Å². The van der Waals surface area contributed by atoms with Crippen molar-refractivity contribution in [1.29, 1.82) is 0 Å². The molecule has 1 heterocycles. The number of aromatic nitrogens is 2. The van der Waals surface area contributed by atoms with Crippen LogP contribution in [0.3, 0.4) is 0 Å². The van der Waals surface area contributed by atoms with Crippen molar-refractivity contribution >= 4 is 5.91 Å². The Labute approximate surface area is 138 Å². The van der Waals surface area contributed by atoms with Crippen LogP contribution in [0.2, 0.25) is 0 Å². The Bertz CT molecular complexity index is 658. The second-order valence-electron chi connectivity index (χ2n) is 6.21. The molecule has 0 spiro atoms. The van der Waals surface area contributed by atoms with Crippen molar-refractivity contribution < 1.29 is 4.79 Å². The zero-order valence-electron chi connectivity index (χ0n) is 14.8. The van der Waals surface area contributed by atoms with E-state index in [0.717, 1.165) is 24.1 Å². The Kier molecular flexibility index (Phi) is 5.59. The minimum absolute atomic E-state index is 0.0214. The van der Waals surface area contributed by atoms with E-state index in [1.54, 1.807) is 10.9 Å². The number of nitrogens with one attached hydrogen (secondary N) is 1. The van der Waals surface area contributed by atoms with Gasteiger partial charge in [-0.3, -0.25) is 9.48 Å². The molecule has 2 atom stereocenters. The van der Waals surface area contributed by atoms with Crippen molar-refractivity contribution in [2.24, 2.45) is 7.05 Å². The fourth-order valence-corrected chi connectivity index (χ4v) is 2.77. The maximum atomic E-state index is 12.5. The van der Waals surface area contributed by atoms with Gasteiger partial charge in [-0.25, -0.2) is 0 Å². The fourth-order valence-electron chi connectivity index (χ4n) is 2.77. The summed E-state index contributed by atoms with van der Waals surface area (Å²) in [4.78, 5) is 12.5. The Morgan fingerprint density at radius 3 is 2.26 bits per heavy atom. The molecule has 1 N–H and O–H groups in total. The summed E-state index contributed by atoms with van der Waals surface area (Å²) in [7, 11) is 1.83. The molecule has 2 unspecified atom stereocenters. The zero-order chi connectivity index (χ0) is 17.0. The zero-order valence-corrected chi connectivity index (χ0v) is 14.8. The standard InChI is InChI=1S/C19H27N3O/c1-6-13(3)15-8-10-16(11-9-15)18(7-2)20-19(23)17-12-22(5)21-14(17)4/h8-13,18H,6-7H2,1-5H3,(H,20,23). The van der Waals surface area contributed by atoms with Gasteiger partial charge in [0.1, 0.15) is 0 Å². The van der Waals surface area contributed by atoms with Crippen LogP contribution in [0, 0.1) is 6.92 Å². The summed E-state index contributed by atoms with van der Waals surface area (Å²) in [6, 6.07) is 8.63. The molecule has 124 valence electrons. The molecule has 0 fully saturated rings. The van der Waals surface area contributed by atoms with Crippen LogP contribution in [0.25, 0.3) is 0 Å². The van der Waals surface area contributed by atoms with Crippen LogP contribution in [0.15, 0.2) is 30.5 Å². The first-order valence-corrected chi connectivity index (χ1v) is 8.37. The molecule has 2 aromatic rings.